The third-order valence-corrected chi connectivity index (χ3v) is 3.24. The summed E-state index contributed by atoms with van der Waals surface area (Å²) < 4.78 is 44.7. The van der Waals surface area contributed by atoms with Crippen molar-refractivity contribution in [2.24, 2.45) is 0 Å². The van der Waals surface area contributed by atoms with Crippen LogP contribution in [-0.2, 0) is 4.79 Å². The number of halogens is 3. The lowest BCUT2D eigenvalue weighted by Crippen LogP contribution is -2.26. The number of nitrogens with one attached hydrogen (secondary N) is 1. The number of nitrogens with zero attached hydrogens (tertiary/aromatic N) is 1. The Morgan fingerprint density at radius 3 is 2.52 bits per heavy atom. The molecule has 2 aromatic rings. The van der Waals surface area contributed by atoms with Gasteiger partial charge in [-0.25, -0.2) is 4.98 Å². The summed E-state index contributed by atoms with van der Waals surface area (Å²) in [7, 11) is 1.38. The highest BCUT2D eigenvalue weighted by molar-refractivity contribution is 5.91. The average molecular weight is 324 g/mol. The molecule has 0 bridgehead atoms. The monoisotopic (exact) mass is 324 g/mol. The molecule has 0 saturated carbocycles. The maximum absolute atomic E-state index is 13.2. The third kappa shape index (κ3) is 4.45. The van der Waals surface area contributed by atoms with E-state index in [-0.39, 0.29) is 17.1 Å². The van der Waals surface area contributed by atoms with Crippen molar-refractivity contribution < 1.29 is 22.7 Å². The fraction of sp³-hybridized carbons (Fsp3) is 0.250. The molecule has 1 N–H and O–H groups in total. The van der Waals surface area contributed by atoms with Gasteiger partial charge in [0.05, 0.1) is 13.0 Å². The number of hydrogen-bond donors (Lipinski definition) is 1. The second kappa shape index (κ2) is 7.13. The second-order valence-electron chi connectivity index (χ2n) is 4.81. The Morgan fingerprint density at radius 1 is 1.22 bits per heavy atom. The summed E-state index contributed by atoms with van der Waals surface area (Å²) in [5.41, 5.74) is 0.0446. The Balaban J connectivity index is 2.15. The van der Waals surface area contributed by atoms with Crippen LogP contribution >= 0.6 is 0 Å². The maximum Gasteiger partial charge on any atom is 0.396 e. The molecule has 0 unspecified atom stereocenters. The highest BCUT2D eigenvalue weighted by Gasteiger charge is 2.41. The summed E-state index contributed by atoms with van der Waals surface area (Å²) in [6.45, 7) is 0. The van der Waals surface area contributed by atoms with E-state index in [9.17, 15) is 18.0 Å². The highest BCUT2D eigenvalue weighted by atomic mass is 19.4. The van der Waals surface area contributed by atoms with Crippen LogP contribution in [0.15, 0.2) is 48.7 Å². The summed E-state index contributed by atoms with van der Waals surface area (Å²) >= 11 is 0. The van der Waals surface area contributed by atoms with E-state index in [1.807, 2.05) is 0 Å². The predicted octanol–water partition coefficient (Wildman–Crippen LogP) is 3.76. The number of carbonyl (C=O) groups excluding carboxylic acids is 1. The van der Waals surface area contributed by atoms with Gasteiger partial charge in [0.25, 0.3) is 0 Å². The first-order valence-electron chi connectivity index (χ1n) is 6.82. The molecule has 1 aromatic heterocycles. The van der Waals surface area contributed by atoms with Crippen LogP contribution in [0.25, 0.3) is 0 Å². The molecule has 122 valence electrons. The number of anilines is 1. The second-order valence-corrected chi connectivity index (χ2v) is 4.81. The van der Waals surface area contributed by atoms with Gasteiger partial charge in [-0.3, -0.25) is 4.79 Å². The van der Waals surface area contributed by atoms with Gasteiger partial charge in [-0.1, -0.05) is 30.3 Å². The summed E-state index contributed by atoms with van der Waals surface area (Å²) in [5.74, 6) is -2.29. The smallest absolute Gasteiger partial charge is 0.396 e. The molecule has 1 heterocycles. The van der Waals surface area contributed by atoms with Crippen LogP contribution < -0.4 is 10.1 Å². The number of amides is 1. The molecular weight excluding hydrogens is 309 g/mol. The first-order valence-corrected chi connectivity index (χ1v) is 6.82. The van der Waals surface area contributed by atoms with Gasteiger partial charge in [0, 0.05) is 12.6 Å². The van der Waals surface area contributed by atoms with Gasteiger partial charge in [0.15, 0.2) is 11.6 Å². The van der Waals surface area contributed by atoms with E-state index in [1.165, 1.54) is 37.6 Å². The molecular formula is C16H15F3N2O2. The van der Waals surface area contributed by atoms with Gasteiger partial charge in [-0.15, -0.1) is 0 Å². The van der Waals surface area contributed by atoms with Crippen molar-refractivity contribution in [1.29, 1.82) is 0 Å². The highest BCUT2D eigenvalue weighted by Crippen LogP contribution is 2.37. The Kier molecular flexibility index (Phi) is 5.20. The third-order valence-electron chi connectivity index (χ3n) is 3.24. The molecule has 0 saturated heterocycles. The van der Waals surface area contributed by atoms with Crippen molar-refractivity contribution >= 4 is 11.7 Å². The lowest BCUT2D eigenvalue weighted by atomic mass is 9.95. The number of alkyl halides is 3. The molecule has 1 aromatic carbocycles. The fourth-order valence-corrected chi connectivity index (χ4v) is 2.13. The first-order chi connectivity index (χ1) is 10.9. The minimum atomic E-state index is -4.52. The zero-order valence-electron chi connectivity index (χ0n) is 12.3. The standard InChI is InChI=1S/C16H15F3N2O2/c1-23-13-8-5-9-20-15(13)21-14(22)10-12(16(17,18)19)11-6-3-2-4-7-11/h2-9,12H,10H2,1H3,(H,20,21,22)/t12-/m0/s1. The van der Waals surface area contributed by atoms with Gasteiger partial charge in [0.2, 0.25) is 5.91 Å². The number of rotatable bonds is 5. The van der Waals surface area contributed by atoms with Crippen LogP contribution in [0.4, 0.5) is 19.0 Å². The van der Waals surface area contributed by atoms with E-state index in [0.717, 1.165) is 0 Å². The summed E-state index contributed by atoms with van der Waals surface area (Å²) in [5, 5.41) is 2.36. The molecule has 2 rings (SSSR count). The molecule has 0 fully saturated rings. The van der Waals surface area contributed by atoms with Crippen molar-refractivity contribution in [3.05, 3.63) is 54.2 Å². The van der Waals surface area contributed by atoms with E-state index in [0.29, 0.717) is 0 Å². The largest absolute Gasteiger partial charge is 0.493 e. The first kappa shape index (κ1) is 16.8. The van der Waals surface area contributed by atoms with Crippen LogP contribution in [0, 0.1) is 0 Å². The topological polar surface area (TPSA) is 51.2 Å². The molecule has 0 aliphatic rings. The van der Waals surface area contributed by atoms with E-state index in [4.69, 9.17) is 4.74 Å². The molecule has 7 heteroatoms. The molecule has 1 atom stereocenters. The van der Waals surface area contributed by atoms with Crippen LogP contribution in [0.1, 0.15) is 17.9 Å². The van der Waals surface area contributed by atoms with Gasteiger partial charge in [-0.2, -0.15) is 13.2 Å². The summed E-state index contributed by atoms with van der Waals surface area (Å²) in [6.07, 6.45) is -3.84. The molecule has 0 aliphatic heterocycles. The Morgan fingerprint density at radius 2 is 1.91 bits per heavy atom. The lowest BCUT2D eigenvalue weighted by molar-refractivity contribution is -0.155. The van der Waals surface area contributed by atoms with Crippen molar-refractivity contribution in [3.8, 4) is 5.75 Å². The van der Waals surface area contributed by atoms with E-state index < -0.39 is 24.4 Å². The van der Waals surface area contributed by atoms with Crippen LogP contribution in [0.2, 0.25) is 0 Å². The molecule has 4 nitrogen and oxygen atoms in total. The van der Waals surface area contributed by atoms with Crippen molar-refractivity contribution in [2.75, 3.05) is 12.4 Å². The predicted molar refractivity (Wildman–Crippen MR) is 79.3 cm³/mol. The summed E-state index contributed by atoms with van der Waals surface area (Å²) in [6, 6.07) is 10.5. The maximum atomic E-state index is 13.2. The molecule has 1 amide bonds. The van der Waals surface area contributed by atoms with Gasteiger partial charge in [-0.05, 0) is 17.7 Å². The Bertz CT molecular complexity index is 660. The normalized spacial score (nSPS) is 12.5. The SMILES string of the molecule is COc1cccnc1NC(=O)C[C@@H](c1ccccc1)C(F)(F)F. The molecule has 0 aliphatic carbocycles. The molecule has 0 spiro atoms. The minimum Gasteiger partial charge on any atom is -0.493 e. The van der Waals surface area contributed by atoms with Gasteiger partial charge < -0.3 is 10.1 Å². The average Bonchev–Trinajstić information content (AvgIpc) is 2.53. The fourth-order valence-electron chi connectivity index (χ4n) is 2.13. The van der Waals surface area contributed by atoms with Crippen LogP contribution in [-0.4, -0.2) is 24.2 Å². The zero-order valence-corrected chi connectivity index (χ0v) is 12.3. The number of ether oxygens (including phenoxy) is 1. The number of benzene rings is 1. The van der Waals surface area contributed by atoms with Crippen molar-refractivity contribution in [3.63, 3.8) is 0 Å². The number of carbonyl (C=O) groups is 1. The molecule has 0 radical (unpaired) electrons. The minimum absolute atomic E-state index is 0.0446. The van der Waals surface area contributed by atoms with Crippen LogP contribution in [0.5, 0.6) is 5.75 Å². The summed E-state index contributed by atoms with van der Waals surface area (Å²) in [4.78, 5) is 15.9. The number of methoxy groups -OCH3 is 1. The van der Waals surface area contributed by atoms with E-state index in [2.05, 4.69) is 10.3 Å². The Hall–Kier alpha value is -2.57. The van der Waals surface area contributed by atoms with E-state index >= 15 is 0 Å². The van der Waals surface area contributed by atoms with Crippen LogP contribution in [0.3, 0.4) is 0 Å². The van der Waals surface area contributed by atoms with Crippen molar-refractivity contribution in [1.82, 2.24) is 4.98 Å². The zero-order chi connectivity index (χ0) is 16.9. The van der Waals surface area contributed by atoms with E-state index in [1.54, 1.807) is 18.2 Å². The van der Waals surface area contributed by atoms with Gasteiger partial charge in [0.1, 0.15) is 0 Å². The number of aromatic nitrogens is 1. The lowest BCUT2D eigenvalue weighted by Gasteiger charge is -2.20. The Labute approximate surface area is 131 Å². The van der Waals surface area contributed by atoms with Gasteiger partial charge >= 0.3 is 6.18 Å². The van der Waals surface area contributed by atoms with Crippen molar-refractivity contribution in [2.45, 2.75) is 18.5 Å². The quantitative estimate of drug-likeness (QED) is 0.911. The molecule has 23 heavy (non-hydrogen) atoms. The number of pyridine rings is 1. The number of hydrogen-bond acceptors (Lipinski definition) is 3.